The van der Waals surface area contributed by atoms with Crippen molar-refractivity contribution in [2.75, 3.05) is 13.2 Å². The minimum absolute atomic E-state index is 0.224. The first-order valence-electron chi connectivity index (χ1n) is 6.24. The van der Waals surface area contributed by atoms with Crippen molar-refractivity contribution in [2.45, 2.75) is 19.9 Å². The molecule has 3 rings (SSSR count). The van der Waals surface area contributed by atoms with E-state index < -0.39 is 0 Å². The Labute approximate surface area is 116 Å². The molecule has 100 valence electrons. The Morgan fingerprint density at radius 3 is 2.89 bits per heavy atom. The van der Waals surface area contributed by atoms with Gasteiger partial charge in [-0.05, 0) is 38.2 Å². The van der Waals surface area contributed by atoms with Gasteiger partial charge in [0.2, 0.25) is 0 Å². The van der Waals surface area contributed by atoms with Gasteiger partial charge in [0.1, 0.15) is 13.2 Å². The van der Waals surface area contributed by atoms with Crippen LogP contribution in [-0.4, -0.2) is 28.0 Å². The van der Waals surface area contributed by atoms with Crippen LogP contribution in [0.15, 0.2) is 18.2 Å². The number of aromatic nitrogens is 3. The summed E-state index contributed by atoms with van der Waals surface area (Å²) in [5, 5.41) is 7.17. The van der Waals surface area contributed by atoms with Crippen LogP contribution in [0.2, 0.25) is 0 Å². The van der Waals surface area contributed by atoms with Crippen molar-refractivity contribution in [2.24, 2.45) is 0 Å². The number of rotatable bonds is 2. The summed E-state index contributed by atoms with van der Waals surface area (Å²) in [6, 6.07) is 6.03. The third-order valence-electron chi connectivity index (χ3n) is 3.03. The van der Waals surface area contributed by atoms with Gasteiger partial charge in [-0.3, -0.25) is 9.67 Å². The summed E-state index contributed by atoms with van der Waals surface area (Å²) < 4.78 is 13.9. The van der Waals surface area contributed by atoms with Gasteiger partial charge in [0, 0.05) is 6.04 Å². The Morgan fingerprint density at radius 1 is 1.32 bits per heavy atom. The van der Waals surface area contributed by atoms with Crippen molar-refractivity contribution in [1.82, 2.24) is 14.8 Å². The normalized spacial score (nSPS) is 13.8. The molecule has 19 heavy (non-hydrogen) atoms. The van der Waals surface area contributed by atoms with Crippen molar-refractivity contribution in [3.8, 4) is 22.9 Å². The van der Waals surface area contributed by atoms with E-state index in [1.807, 2.05) is 22.8 Å². The van der Waals surface area contributed by atoms with Crippen molar-refractivity contribution >= 4 is 12.2 Å². The third-order valence-corrected chi connectivity index (χ3v) is 3.32. The quantitative estimate of drug-likeness (QED) is 0.857. The van der Waals surface area contributed by atoms with E-state index in [9.17, 15) is 0 Å². The second-order valence-electron chi connectivity index (χ2n) is 4.65. The zero-order valence-electron chi connectivity index (χ0n) is 10.8. The minimum Gasteiger partial charge on any atom is -0.486 e. The number of hydrogen-bond acceptors (Lipinski definition) is 4. The van der Waals surface area contributed by atoms with Crippen LogP contribution >= 0.6 is 12.2 Å². The van der Waals surface area contributed by atoms with Crippen LogP contribution in [0, 0.1) is 4.77 Å². The Hall–Kier alpha value is -1.82. The number of H-pyrrole nitrogens is 1. The highest BCUT2D eigenvalue weighted by Crippen LogP contribution is 2.39. The van der Waals surface area contributed by atoms with Crippen molar-refractivity contribution in [3.05, 3.63) is 23.0 Å². The summed E-state index contributed by atoms with van der Waals surface area (Å²) in [4.78, 5) is 0. The zero-order valence-corrected chi connectivity index (χ0v) is 11.7. The maximum absolute atomic E-state index is 5.73. The molecule has 0 unspecified atom stereocenters. The third kappa shape index (κ3) is 2.02. The standard InChI is InChI=1S/C13H15N3O2S/c1-8(2)16-12(14-15-13(16)19)9-4-3-5-10-11(9)18-7-6-17-10/h3-5,8H,6-7H2,1-2H3,(H,15,19). The monoisotopic (exact) mass is 277 g/mol. The number of aromatic amines is 1. The summed E-state index contributed by atoms with van der Waals surface area (Å²) in [5.74, 6) is 2.28. The highest BCUT2D eigenvalue weighted by atomic mass is 32.1. The van der Waals surface area contributed by atoms with E-state index in [-0.39, 0.29) is 6.04 Å². The zero-order chi connectivity index (χ0) is 13.4. The lowest BCUT2D eigenvalue weighted by Gasteiger charge is -2.21. The Morgan fingerprint density at radius 2 is 2.11 bits per heavy atom. The first-order chi connectivity index (χ1) is 9.18. The molecule has 5 nitrogen and oxygen atoms in total. The molecule has 1 aliphatic heterocycles. The second-order valence-corrected chi connectivity index (χ2v) is 5.03. The molecule has 0 radical (unpaired) electrons. The topological polar surface area (TPSA) is 52.1 Å². The Bertz CT molecular complexity index is 660. The molecule has 1 N–H and O–H groups in total. The van der Waals surface area contributed by atoms with Gasteiger partial charge in [-0.2, -0.15) is 5.10 Å². The average molecular weight is 277 g/mol. The van der Waals surface area contributed by atoms with Gasteiger partial charge in [-0.25, -0.2) is 0 Å². The average Bonchev–Trinajstić information content (AvgIpc) is 2.80. The van der Waals surface area contributed by atoms with Gasteiger partial charge < -0.3 is 9.47 Å². The number of para-hydroxylation sites is 1. The van der Waals surface area contributed by atoms with Crippen LogP contribution < -0.4 is 9.47 Å². The van der Waals surface area contributed by atoms with Gasteiger partial charge >= 0.3 is 0 Å². The van der Waals surface area contributed by atoms with Crippen LogP contribution in [0.25, 0.3) is 11.4 Å². The molecule has 0 aliphatic carbocycles. The van der Waals surface area contributed by atoms with Crippen LogP contribution in [0.3, 0.4) is 0 Å². The summed E-state index contributed by atoms with van der Waals surface area (Å²) in [7, 11) is 0. The predicted molar refractivity (Wildman–Crippen MR) is 74.2 cm³/mol. The number of benzene rings is 1. The fourth-order valence-electron chi connectivity index (χ4n) is 2.22. The Balaban J connectivity index is 2.20. The SMILES string of the molecule is CC(C)n1c(-c2cccc3c2OCCO3)n[nH]c1=S. The fourth-order valence-corrected chi connectivity index (χ4v) is 2.57. The summed E-state index contributed by atoms with van der Waals surface area (Å²) in [6.45, 7) is 5.27. The molecule has 0 saturated carbocycles. The molecule has 0 amide bonds. The Kier molecular flexibility index (Phi) is 3.02. The predicted octanol–water partition coefficient (Wildman–Crippen LogP) is 2.96. The van der Waals surface area contributed by atoms with Crippen molar-refractivity contribution < 1.29 is 9.47 Å². The number of ether oxygens (including phenoxy) is 2. The van der Waals surface area contributed by atoms with Gasteiger partial charge in [0.15, 0.2) is 22.1 Å². The van der Waals surface area contributed by atoms with Crippen LogP contribution in [0.1, 0.15) is 19.9 Å². The van der Waals surface area contributed by atoms with E-state index in [0.717, 1.165) is 22.9 Å². The molecule has 2 aromatic rings. The molecular formula is C13H15N3O2S. The van der Waals surface area contributed by atoms with E-state index in [1.165, 1.54) is 0 Å². The van der Waals surface area contributed by atoms with Gasteiger partial charge in [0.25, 0.3) is 0 Å². The fraction of sp³-hybridized carbons (Fsp3) is 0.385. The highest BCUT2D eigenvalue weighted by molar-refractivity contribution is 7.71. The second kappa shape index (κ2) is 4.70. The van der Waals surface area contributed by atoms with E-state index in [4.69, 9.17) is 21.7 Å². The lowest BCUT2D eigenvalue weighted by atomic mass is 10.1. The van der Waals surface area contributed by atoms with Gasteiger partial charge in [-0.15, -0.1) is 0 Å². The van der Waals surface area contributed by atoms with Crippen LogP contribution in [0.4, 0.5) is 0 Å². The molecule has 0 spiro atoms. The molecule has 0 saturated heterocycles. The van der Waals surface area contributed by atoms with Crippen molar-refractivity contribution in [3.63, 3.8) is 0 Å². The van der Waals surface area contributed by atoms with Gasteiger partial charge in [-0.1, -0.05) is 6.07 Å². The molecular weight excluding hydrogens is 262 g/mol. The van der Waals surface area contributed by atoms with Crippen LogP contribution in [-0.2, 0) is 0 Å². The molecule has 0 fully saturated rings. The smallest absolute Gasteiger partial charge is 0.195 e. The maximum atomic E-state index is 5.73. The number of nitrogens with zero attached hydrogens (tertiary/aromatic N) is 2. The molecule has 0 atom stereocenters. The summed E-state index contributed by atoms with van der Waals surface area (Å²) >= 11 is 5.28. The largest absolute Gasteiger partial charge is 0.486 e. The van der Waals surface area contributed by atoms with Gasteiger partial charge in [0.05, 0.1) is 5.56 Å². The van der Waals surface area contributed by atoms with E-state index in [1.54, 1.807) is 0 Å². The van der Waals surface area contributed by atoms with E-state index in [0.29, 0.717) is 18.0 Å². The van der Waals surface area contributed by atoms with Crippen molar-refractivity contribution in [1.29, 1.82) is 0 Å². The first kappa shape index (κ1) is 12.2. The molecule has 1 aliphatic rings. The molecule has 2 heterocycles. The number of hydrogen-bond donors (Lipinski definition) is 1. The summed E-state index contributed by atoms with van der Waals surface area (Å²) in [6.07, 6.45) is 0. The molecule has 0 bridgehead atoms. The maximum Gasteiger partial charge on any atom is 0.195 e. The summed E-state index contributed by atoms with van der Waals surface area (Å²) in [5.41, 5.74) is 0.901. The van der Waals surface area contributed by atoms with Crippen LogP contribution in [0.5, 0.6) is 11.5 Å². The lowest BCUT2D eigenvalue weighted by molar-refractivity contribution is 0.172. The van der Waals surface area contributed by atoms with E-state index >= 15 is 0 Å². The highest BCUT2D eigenvalue weighted by Gasteiger charge is 2.21. The minimum atomic E-state index is 0.224. The molecule has 1 aromatic heterocycles. The van der Waals surface area contributed by atoms with E-state index in [2.05, 4.69) is 24.0 Å². The molecule has 1 aromatic carbocycles. The number of nitrogens with one attached hydrogen (secondary N) is 1. The number of fused-ring (bicyclic) bond motifs is 1. The lowest BCUT2D eigenvalue weighted by Crippen LogP contribution is -2.16. The molecule has 6 heteroatoms. The first-order valence-corrected chi connectivity index (χ1v) is 6.65.